The van der Waals surface area contributed by atoms with Gasteiger partial charge in [-0.3, -0.25) is 4.79 Å². The second kappa shape index (κ2) is 9.80. The minimum Gasteiger partial charge on any atom is -0.381 e. The second-order valence-electron chi connectivity index (χ2n) is 8.07. The topological polar surface area (TPSA) is 41.1 Å². The summed E-state index contributed by atoms with van der Waals surface area (Å²) in [4.78, 5) is 13.7. The van der Waals surface area contributed by atoms with E-state index >= 15 is 0 Å². The molecule has 0 atom stereocenters. The van der Waals surface area contributed by atoms with Gasteiger partial charge in [0, 0.05) is 39.7 Å². The van der Waals surface area contributed by atoms with E-state index in [-0.39, 0.29) is 5.91 Å². The maximum absolute atomic E-state index is 11.3. The average Bonchev–Trinajstić information content (AvgIpc) is 2.85. The van der Waals surface area contributed by atoms with Crippen LogP contribution in [0.4, 0.5) is 11.4 Å². The highest BCUT2D eigenvalue weighted by molar-refractivity contribution is 7.99. The van der Waals surface area contributed by atoms with Crippen molar-refractivity contribution in [2.45, 2.75) is 23.3 Å². The lowest BCUT2D eigenvalue weighted by Gasteiger charge is -2.17. The molecule has 0 aromatic heterocycles. The van der Waals surface area contributed by atoms with Crippen molar-refractivity contribution in [3.8, 4) is 0 Å². The minimum atomic E-state index is -0.0693. The molecule has 0 saturated carbocycles. The van der Waals surface area contributed by atoms with E-state index in [9.17, 15) is 4.79 Å². The fourth-order valence-electron chi connectivity index (χ4n) is 4.16. The zero-order valence-corrected chi connectivity index (χ0v) is 20.2. The van der Waals surface area contributed by atoms with Gasteiger partial charge in [-0.25, -0.2) is 0 Å². The van der Waals surface area contributed by atoms with Gasteiger partial charge in [-0.2, -0.15) is 0 Å². The second-order valence-corrected chi connectivity index (χ2v) is 9.59. The number of nitrogens with one attached hydrogen (secondary N) is 2. The average molecular weight is 483 g/mol. The number of hydrogen-bond donors (Lipinski definition) is 2. The molecule has 0 spiro atoms. The summed E-state index contributed by atoms with van der Waals surface area (Å²) >= 11 is 7.80. The largest absolute Gasteiger partial charge is 0.381 e. The lowest BCUT2D eigenvalue weighted by Crippen LogP contribution is -2.05. The first-order valence-electron chi connectivity index (χ1n) is 11.1. The lowest BCUT2D eigenvalue weighted by atomic mass is 9.96. The van der Waals surface area contributed by atoms with Crippen molar-refractivity contribution in [3.05, 3.63) is 108 Å². The van der Waals surface area contributed by atoms with Crippen molar-refractivity contribution in [2.75, 3.05) is 10.6 Å². The molecule has 2 N–H and O–H groups in total. The van der Waals surface area contributed by atoms with Gasteiger partial charge in [0.2, 0.25) is 5.91 Å². The third-order valence-corrected chi connectivity index (χ3v) is 7.11. The van der Waals surface area contributed by atoms with E-state index < -0.39 is 0 Å². The zero-order valence-electron chi connectivity index (χ0n) is 18.6. The van der Waals surface area contributed by atoms with Crippen LogP contribution in [0.2, 0.25) is 5.02 Å². The number of rotatable bonds is 6. The van der Waals surface area contributed by atoms with Crippen LogP contribution in [0.1, 0.15) is 12.5 Å². The first-order chi connectivity index (χ1) is 16.6. The molecule has 1 amide bonds. The van der Waals surface area contributed by atoms with Crippen LogP contribution in [-0.4, -0.2) is 5.91 Å². The van der Waals surface area contributed by atoms with Crippen LogP contribution in [0.5, 0.6) is 0 Å². The van der Waals surface area contributed by atoms with Gasteiger partial charge in [-0.15, -0.1) is 0 Å². The van der Waals surface area contributed by atoms with Crippen molar-refractivity contribution >= 4 is 62.2 Å². The van der Waals surface area contributed by atoms with Gasteiger partial charge >= 0.3 is 0 Å². The van der Waals surface area contributed by atoms with Gasteiger partial charge in [0.25, 0.3) is 0 Å². The third-order valence-electron chi connectivity index (χ3n) is 5.70. The fourth-order valence-corrected chi connectivity index (χ4v) is 5.37. The van der Waals surface area contributed by atoms with E-state index in [2.05, 4.69) is 71.3 Å². The zero-order chi connectivity index (χ0) is 23.5. The van der Waals surface area contributed by atoms with E-state index in [0.29, 0.717) is 6.54 Å². The molecule has 168 valence electrons. The molecule has 5 aromatic carbocycles. The molecule has 0 fully saturated rings. The SMILES string of the molecule is CC(=O)Nc1ccc(Sc2c3ccccc3c(CNc3ccc(Cl)cc3)c3ccccc23)cc1. The van der Waals surface area contributed by atoms with Crippen molar-refractivity contribution in [1.82, 2.24) is 0 Å². The highest BCUT2D eigenvalue weighted by Gasteiger charge is 2.14. The summed E-state index contributed by atoms with van der Waals surface area (Å²) in [5, 5.41) is 12.0. The van der Waals surface area contributed by atoms with Crippen molar-refractivity contribution in [1.29, 1.82) is 0 Å². The third kappa shape index (κ3) is 4.74. The number of anilines is 2. The summed E-state index contributed by atoms with van der Waals surface area (Å²) in [6, 6.07) is 33.0. The molecular weight excluding hydrogens is 460 g/mol. The molecule has 0 radical (unpaired) electrons. The van der Waals surface area contributed by atoms with Gasteiger partial charge in [-0.1, -0.05) is 71.9 Å². The summed E-state index contributed by atoms with van der Waals surface area (Å²) in [5.41, 5.74) is 3.11. The Morgan fingerprint density at radius 3 is 1.82 bits per heavy atom. The van der Waals surface area contributed by atoms with E-state index in [0.717, 1.165) is 21.3 Å². The molecule has 0 heterocycles. The Morgan fingerprint density at radius 1 is 0.735 bits per heavy atom. The first kappa shape index (κ1) is 22.3. The maximum Gasteiger partial charge on any atom is 0.221 e. The lowest BCUT2D eigenvalue weighted by molar-refractivity contribution is -0.114. The summed E-state index contributed by atoms with van der Waals surface area (Å²) in [5.74, 6) is -0.0693. The van der Waals surface area contributed by atoms with E-state index in [1.807, 2.05) is 36.4 Å². The Balaban J connectivity index is 1.57. The summed E-state index contributed by atoms with van der Waals surface area (Å²) in [6.07, 6.45) is 0. The first-order valence-corrected chi connectivity index (χ1v) is 12.3. The Labute approximate surface area is 208 Å². The maximum atomic E-state index is 11.3. The van der Waals surface area contributed by atoms with Crippen LogP contribution >= 0.6 is 23.4 Å². The molecule has 0 bridgehead atoms. The monoisotopic (exact) mass is 482 g/mol. The van der Waals surface area contributed by atoms with Crippen LogP contribution in [0.3, 0.4) is 0 Å². The minimum absolute atomic E-state index is 0.0693. The molecule has 5 aromatic rings. The number of benzene rings is 5. The van der Waals surface area contributed by atoms with Crippen LogP contribution in [-0.2, 0) is 11.3 Å². The number of fused-ring (bicyclic) bond motifs is 2. The van der Waals surface area contributed by atoms with Crippen LogP contribution in [0.15, 0.2) is 107 Å². The fraction of sp³-hybridized carbons (Fsp3) is 0.0690. The molecule has 0 aliphatic rings. The molecule has 0 aliphatic carbocycles. The number of carbonyl (C=O) groups is 1. The number of halogens is 1. The highest BCUT2D eigenvalue weighted by atomic mass is 35.5. The number of hydrogen-bond acceptors (Lipinski definition) is 3. The van der Waals surface area contributed by atoms with E-state index in [1.165, 1.54) is 38.9 Å². The van der Waals surface area contributed by atoms with Gasteiger partial charge < -0.3 is 10.6 Å². The van der Waals surface area contributed by atoms with Crippen LogP contribution < -0.4 is 10.6 Å². The molecule has 5 rings (SSSR count). The summed E-state index contributed by atoms with van der Waals surface area (Å²) < 4.78 is 0. The molecule has 34 heavy (non-hydrogen) atoms. The Morgan fingerprint density at radius 2 is 1.26 bits per heavy atom. The molecule has 0 saturated heterocycles. The molecule has 5 heteroatoms. The molecule has 0 aliphatic heterocycles. The highest BCUT2D eigenvalue weighted by Crippen LogP contribution is 2.42. The van der Waals surface area contributed by atoms with Crippen LogP contribution in [0.25, 0.3) is 21.5 Å². The predicted octanol–water partition coefficient (Wildman–Crippen LogP) is 8.37. The summed E-state index contributed by atoms with van der Waals surface area (Å²) in [6.45, 7) is 2.23. The van der Waals surface area contributed by atoms with Gasteiger partial charge in [-0.05, 0) is 75.6 Å². The number of amides is 1. The normalized spacial score (nSPS) is 11.0. The smallest absolute Gasteiger partial charge is 0.221 e. The van der Waals surface area contributed by atoms with Gasteiger partial charge in [0.1, 0.15) is 0 Å². The van der Waals surface area contributed by atoms with Gasteiger partial charge in [0.05, 0.1) is 0 Å². The Hall–Kier alpha value is -3.47. The molecule has 0 unspecified atom stereocenters. The van der Waals surface area contributed by atoms with Crippen LogP contribution in [0, 0.1) is 0 Å². The van der Waals surface area contributed by atoms with E-state index in [4.69, 9.17) is 11.6 Å². The molecular formula is C29H23ClN2OS. The standard InChI is InChI=1S/C29H23ClN2OS/c1-19(33)32-22-14-16-23(17-15-22)34-29-26-8-4-2-6-24(26)28(25-7-3-5-9-27(25)29)18-31-21-12-10-20(30)11-13-21/h2-17,31H,18H2,1H3,(H,32,33). The van der Waals surface area contributed by atoms with Crippen molar-refractivity contribution in [2.24, 2.45) is 0 Å². The quantitative estimate of drug-likeness (QED) is 0.239. The summed E-state index contributed by atoms with van der Waals surface area (Å²) in [7, 11) is 0. The van der Waals surface area contributed by atoms with Gasteiger partial charge in [0.15, 0.2) is 0 Å². The molecule has 3 nitrogen and oxygen atoms in total. The number of carbonyl (C=O) groups excluding carboxylic acids is 1. The van der Waals surface area contributed by atoms with Crippen molar-refractivity contribution < 1.29 is 4.79 Å². The Bertz CT molecular complexity index is 1420. The Kier molecular flexibility index (Phi) is 6.43. The van der Waals surface area contributed by atoms with E-state index in [1.54, 1.807) is 11.8 Å². The van der Waals surface area contributed by atoms with Crippen molar-refractivity contribution in [3.63, 3.8) is 0 Å². The predicted molar refractivity (Wildman–Crippen MR) is 145 cm³/mol.